The van der Waals surface area contributed by atoms with Crippen molar-refractivity contribution in [1.82, 2.24) is 4.90 Å². The van der Waals surface area contributed by atoms with Gasteiger partial charge >= 0.3 is 6.03 Å². The van der Waals surface area contributed by atoms with Gasteiger partial charge in [-0.15, -0.1) is 0 Å². The van der Waals surface area contributed by atoms with Gasteiger partial charge in [0, 0.05) is 24.3 Å². The minimum absolute atomic E-state index is 0.00736. The maximum atomic E-state index is 12.3. The van der Waals surface area contributed by atoms with Crippen molar-refractivity contribution < 1.29 is 4.79 Å². The van der Waals surface area contributed by atoms with Crippen LogP contribution in [0.1, 0.15) is 51.1 Å². The number of anilines is 1. The predicted molar refractivity (Wildman–Crippen MR) is 82.7 cm³/mol. The Hall–Kier alpha value is -1.55. The van der Waals surface area contributed by atoms with E-state index in [2.05, 4.69) is 12.2 Å². The maximum absolute atomic E-state index is 12.3. The first-order chi connectivity index (χ1) is 9.58. The third-order valence-electron chi connectivity index (χ3n) is 4.00. The van der Waals surface area contributed by atoms with E-state index >= 15 is 0 Å². The summed E-state index contributed by atoms with van der Waals surface area (Å²) in [7, 11) is 0. The highest BCUT2D eigenvalue weighted by Gasteiger charge is 2.21. The maximum Gasteiger partial charge on any atom is 0.322 e. The first-order valence-electron chi connectivity index (χ1n) is 7.51. The summed E-state index contributed by atoms with van der Waals surface area (Å²) in [5.74, 6) is 0. The van der Waals surface area contributed by atoms with Gasteiger partial charge in [0.15, 0.2) is 0 Å². The standard InChI is InChI=1S/C16H25N3O/c1-12-6-4-3-5-11-19(12)16(20)18-15-9-7-14(8-10-15)13(2)17/h7-10,12-13H,3-6,11,17H2,1-2H3,(H,18,20). The second kappa shape index (κ2) is 6.75. The van der Waals surface area contributed by atoms with Crippen molar-refractivity contribution in [1.29, 1.82) is 0 Å². The molecule has 20 heavy (non-hydrogen) atoms. The third kappa shape index (κ3) is 3.73. The van der Waals surface area contributed by atoms with Crippen LogP contribution in [0.4, 0.5) is 10.5 Å². The molecule has 1 fully saturated rings. The van der Waals surface area contributed by atoms with Crippen molar-refractivity contribution in [3.63, 3.8) is 0 Å². The number of carbonyl (C=O) groups excluding carboxylic acids is 1. The monoisotopic (exact) mass is 275 g/mol. The van der Waals surface area contributed by atoms with Crippen LogP contribution < -0.4 is 11.1 Å². The van der Waals surface area contributed by atoms with Crippen LogP contribution in [0.5, 0.6) is 0 Å². The van der Waals surface area contributed by atoms with Crippen LogP contribution in [0, 0.1) is 0 Å². The molecule has 2 amide bonds. The van der Waals surface area contributed by atoms with Crippen LogP contribution in [0.3, 0.4) is 0 Å². The van der Waals surface area contributed by atoms with Crippen molar-refractivity contribution >= 4 is 11.7 Å². The molecular formula is C16H25N3O. The molecule has 3 N–H and O–H groups in total. The number of hydrogen-bond donors (Lipinski definition) is 2. The highest BCUT2D eigenvalue weighted by Crippen LogP contribution is 2.19. The molecule has 1 aliphatic heterocycles. The lowest BCUT2D eigenvalue weighted by molar-refractivity contribution is 0.194. The summed E-state index contributed by atoms with van der Waals surface area (Å²) in [5, 5.41) is 2.98. The second-order valence-electron chi connectivity index (χ2n) is 5.73. The summed E-state index contributed by atoms with van der Waals surface area (Å²) < 4.78 is 0. The average molecular weight is 275 g/mol. The quantitative estimate of drug-likeness (QED) is 0.867. The Labute approximate surface area is 121 Å². The fraction of sp³-hybridized carbons (Fsp3) is 0.562. The van der Waals surface area contributed by atoms with Gasteiger partial charge in [-0.25, -0.2) is 4.79 Å². The van der Waals surface area contributed by atoms with Crippen LogP contribution >= 0.6 is 0 Å². The predicted octanol–water partition coefficient (Wildman–Crippen LogP) is 3.50. The van der Waals surface area contributed by atoms with E-state index in [0.717, 1.165) is 30.6 Å². The summed E-state index contributed by atoms with van der Waals surface area (Å²) in [4.78, 5) is 14.3. The molecule has 1 aliphatic rings. The summed E-state index contributed by atoms with van der Waals surface area (Å²) in [6, 6.07) is 8.11. The van der Waals surface area contributed by atoms with Gasteiger partial charge in [0.1, 0.15) is 0 Å². The number of amides is 2. The fourth-order valence-corrected chi connectivity index (χ4v) is 2.64. The molecule has 2 atom stereocenters. The zero-order chi connectivity index (χ0) is 14.5. The number of benzene rings is 1. The molecule has 1 saturated heterocycles. The van der Waals surface area contributed by atoms with E-state index in [9.17, 15) is 4.79 Å². The van der Waals surface area contributed by atoms with E-state index in [4.69, 9.17) is 5.73 Å². The highest BCUT2D eigenvalue weighted by molar-refractivity contribution is 5.89. The van der Waals surface area contributed by atoms with Crippen LogP contribution in [-0.2, 0) is 0 Å². The lowest BCUT2D eigenvalue weighted by Gasteiger charge is -2.27. The Morgan fingerprint density at radius 2 is 2.00 bits per heavy atom. The SMILES string of the molecule is CC(N)c1ccc(NC(=O)N2CCCCCC2C)cc1. The second-order valence-corrected chi connectivity index (χ2v) is 5.73. The number of rotatable bonds is 2. The first kappa shape index (κ1) is 14.9. The van der Waals surface area contributed by atoms with Crippen molar-refractivity contribution in [2.45, 2.75) is 51.6 Å². The third-order valence-corrected chi connectivity index (χ3v) is 4.00. The molecule has 2 unspecified atom stereocenters. The Morgan fingerprint density at radius 3 is 2.65 bits per heavy atom. The number of carbonyl (C=O) groups is 1. The average Bonchev–Trinajstić information content (AvgIpc) is 2.64. The van der Waals surface area contributed by atoms with Crippen LogP contribution in [0.2, 0.25) is 0 Å². The summed E-state index contributed by atoms with van der Waals surface area (Å²) in [6.45, 7) is 4.93. The zero-order valence-corrected chi connectivity index (χ0v) is 12.4. The topological polar surface area (TPSA) is 58.4 Å². The largest absolute Gasteiger partial charge is 0.324 e. The van der Waals surface area contributed by atoms with E-state index in [-0.39, 0.29) is 12.1 Å². The van der Waals surface area contributed by atoms with Gasteiger partial charge in [0.25, 0.3) is 0 Å². The van der Waals surface area contributed by atoms with Gasteiger partial charge in [0.05, 0.1) is 0 Å². The molecule has 0 radical (unpaired) electrons. The summed E-state index contributed by atoms with van der Waals surface area (Å²) in [5.41, 5.74) is 7.73. The normalized spacial score (nSPS) is 21.1. The molecule has 1 aromatic carbocycles. The Bertz CT molecular complexity index is 442. The van der Waals surface area contributed by atoms with Crippen molar-refractivity contribution in [3.05, 3.63) is 29.8 Å². The number of nitrogens with zero attached hydrogens (tertiary/aromatic N) is 1. The minimum atomic E-state index is 0.00736. The van der Waals surface area contributed by atoms with Crippen molar-refractivity contribution in [2.75, 3.05) is 11.9 Å². The number of likely N-dealkylation sites (tertiary alicyclic amines) is 1. The summed E-state index contributed by atoms with van der Waals surface area (Å²) in [6.07, 6.45) is 4.63. The molecular weight excluding hydrogens is 250 g/mol. The molecule has 2 rings (SSSR count). The van der Waals surface area contributed by atoms with Gasteiger partial charge in [0.2, 0.25) is 0 Å². The molecule has 0 aromatic heterocycles. The van der Waals surface area contributed by atoms with Crippen LogP contribution in [0.25, 0.3) is 0 Å². The molecule has 4 heteroatoms. The van der Waals surface area contributed by atoms with E-state index in [1.807, 2.05) is 36.1 Å². The molecule has 1 aromatic rings. The first-order valence-corrected chi connectivity index (χ1v) is 7.51. The van der Waals surface area contributed by atoms with Gasteiger partial charge in [-0.3, -0.25) is 0 Å². The molecule has 0 spiro atoms. The number of urea groups is 1. The van der Waals surface area contributed by atoms with Gasteiger partial charge < -0.3 is 16.0 Å². The van der Waals surface area contributed by atoms with E-state index in [1.165, 1.54) is 12.8 Å². The Kier molecular flexibility index (Phi) is 5.01. The van der Waals surface area contributed by atoms with E-state index in [1.54, 1.807) is 0 Å². The van der Waals surface area contributed by atoms with E-state index in [0.29, 0.717) is 6.04 Å². The van der Waals surface area contributed by atoms with Crippen molar-refractivity contribution in [3.8, 4) is 0 Å². The number of nitrogens with two attached hydrogens (primary N) is 1. The lowest BCUT2D eigenvalue weighted by Crippen LogP contribution is -2.41. The van der Waals surface area contributed by atoms with Gasteiger partial charge in [-0.1, -0.05) is 25.0 Å². The number of hydrogen-bond acceptors (Lipinski definition) is 2. The molecule has 0 bridgehead atoms. The Balaban J connectivity index is 1.99. The van der Waals surface area contributed by atoms with E-state index < -0.39 is 0 Å². The van der Waals surface area contributed by atoms with Gasteiger partial charge in [-0.05, 0) is 44.4 Å². The molecule has 1 heterocycles. The summed E-state index contributed by atoms with van der Waals surface area (Å²) >= 11 is 0. The smallest absolute Gasteiger partial charge is 0.322 e. The number of nitrogens with one attached hydrogen (secondary N) is 1. The van der Waals surface area contributed by atoms with Gasteiger partial charge in [-0.2, -0.15) is 0 Å². The molecule has 4 nitrogen and oxygen atoms in total. The zero-order valence-electron chi connectivity index (χ0n) is 12.4. The Morgan fingerprint density at radius 1 is 1.30 bits per heavy atom. The molecule has 110 valence electrons. The minimum Gasteiger partial charge on any atom is -0.324 e. The van der Waals surface area contributed by atoms with Crippen molar-refractivity contribution in [2.24, 2.45) is 5.73 Å². The van der Waals surface area contributed by atoms with Crippen LogP contribution in [-0.4, -0.2) is 23.5 Å². The molecule has 0 aliphatic carbocycles. The van der Waals surface area contributed by atoms with Crippen LogP contribution in [0.15, 0.2) is 24.3 Å². The fourth-order valence-electron chi connectivity index (χ4n) is 2.64. The highest BCUT2D eigenvalue weighted by atomic mass is 16.2. The molecule has 0 saturated carbocycles. The lowest BCUT2D eigenvalue weighted by atomic mass is 10.1.